The summed E-state index contributed by atoms with van der Waals surface area (Å²) in [6.45, 7) is 3.36. The Morgan fingerprint density at radius 3 is 2.53 bits per heavy atom. The molecule has 1 aliphatic heterocycles. The number of carbonyl (C=O) groups is 1. The van der Waals surface area contributed by atoms with Gasteiger partial charge in [0.2, 0.25) is 5.91 Å². The molecule has 4 nitrogen and oxygen atoms in total. The average Bonchev–Trinajstić information content (AvgIpc) is 3.37. The van der Waals surface area contributed by atoms with Gasteiger partial charge in [0.15, 0.2) is 0 Å². The second kappa shape index (κ2) is 8.61. The minimum Gasteiger partial charge on any atom is -0.335 e. The highest BCUT2D eigenvalue weighted by molar-refractivity contribution is 6.42. The second-order valence-corrected chi connectivity index (χ2v) is 9.14. The molecule has 1 saturated heterocycles. The van der Waals surface area contributed by atoms with Crippen LogP contribution in [0.1, 0.15) is 42.3 Å². The van der Waals surface area contributed by atoms with Gasteiger partial charge < -0.3 is 9.47 Å². The van der Waals surface area contributed by atoms with E-state index in [1.165, 1.54) is 0 Å². The van der Waals surface area contributed by atoms with Crippen molar-refractivity contribution in [1.29, 1.82) is 0 Å². The monoisotopic (exact) mass is 463 g/mol. The van der Waals surface area contributed by atoms with Gasteiger partial charge >= 0.3 is 0 Å². The quantitative estimate of drug-likeness (QED) is 0.340. The lowest BCUT2D eigenvalue weighted by Crippen LogP contribution is -2.28. The third-order valence-electron chi connectivity index (χ3n) is 6.28. The number of benzene rings is 3. The van der Waals surface area contributed by atoms with Crippen molar-refractivity contribution in [3.05, 3.63) is 99.8 Å². The smallest absolute Gasteiger partial charge is 0.223 e. The number of hydrogen-bond donors (Lipinski definition) is 0. The van der Waals surface area contributed by atoms with Crippen molar-refractivity contribution in [2.24, 2.45) is 0 Å². The molecular weight excluding hydrogens is 441 g/mol. The maximum atomic E-state index is 13.0. The van der Waals surface area contributed by atoms with Gasteiger partial charge in [-0.2, -0.15) is 0 Å². The maximum Gasteiger partial charge on any atom is 0.223 e. The van der Waals surface area contributed by atoms with Crippen LogP contribution in [-0.2, 0) is 11.3 Å². The van der Waals surface area contributed by atoms with E-state index in [0.29, 0.717) is 29.6 Å². The highest BCUT2D eigenvalue weighted by Crippen LogP contribution is 2.35. The summed E-state index contributed by atoms with van der Waals surface area (Å²) in [6, 6.07) is 24.0. The summed E-state index contributed by atoms with van der Waals surface area (Å²) in [5.74, 6) is 1.14. The predicted octanol–water partition coefficient (Wildman–Crippen LogP) is 6.47. The molecule has 3 aromatic carbocycles. The van der Waals surface area contributed by atoms with Crippen molar-refractivity contribution in [3.8, 4) is 0 Å². The summed E-state index contributed by atoms with van der Waals surface area (Å²) >= 11 is 12.4. The number of nitrogens with zero attached hydrogens (tertiary/aromatic N) is 3. The Kier molecular flexibility index (Phi) is 5.66. The van der Waals surface area contributed by atoms with Crippen LogP contribution in [0.4, 0.5) is 0 Å². The zero-order valence-electron chi connectivity index (χ0n) is 17.7. The van der Waals surface area contributed by atoms with E-state index in [1.807, 2.05) is 59.5 Å². The van der Waals surface area contributed by atoms with Crippen LogP contribution in [0.2, 0.25) is 10.0 Å². The summed E-state index contributed by atoms with van der Waals surface area (Å²) < 4.78 is 2.21. The standard InChI is InChI=1S/C26H23Cl2N3O/c1-17(19-7-3-2-4-8-19)30-16-20(14-25(30)32)26-29-23-9-5-6-10-24(23)31(26)15-18-11-12-21(27)22(28)13-18/h2-13,17,20H,14-16H2,1H3. The molecular formula is C26H23Cl2N3O. The molecule has 162 valence electrons. The molecule has 32 heavy (non-hydrogen) atoms. The van der Waals surface area contributed by atoms with Crippen LogP contribution in [0.3, 0.4) is 0 Å². The molecule has 2 atom stereocenters. The zero-order chi connectivity index (χ0) is 22.2. The predicted molar refractivity (Wildman–Crippen MR) is 129 cm³/mol. The molecule has 2 heterocycles. The Hall–Kier alpha value is -2.82. The van der Waals surface area contributed by atoms with Gasteiger partial charge in [-0.1, -0.05) is 71.7 Å². The Balaban J connectivity index is 1.49. The van der Waals surface area contributed by atoms with E-state index < -0.39 is 0 Å². The number of hydrogen-bond acceptors (Lipinski definition) is 2. The van der Waals surface area contributed by atoms with Crippen molar-refractivity contribution in [2.45, 2.75) is 31.8 Å². The normalized spacial score (nSPS) is 17.3. The topological polar surface area (TPSA) is 38.1 Å². The maximum absolute atomic E-state index is 13.0. The third kappa shape index (κ3) is 3.89. The number of carbonyl (C=O) groups excluding carboxylic acids is 1. The summed E-state index contributed by atoms with van der Waals surface area (Å²) in [5, 5.41) is 1.08. The molecule has 0 radical (unpaired) electrons. The minimum atomic E-state index is 0.0293. The van der Waals surface area contributed by atoms with E-state index in [0.717, 1.165) is 28.0 Å². The van der Waals surface area contributed by atoms with Gasteiger partial charge in [-0.05, 0) is 42.3 Å². The van der Waals surface area contributed by atoms with E-state index in [-0.39, 0.29) is 17.9 Å². The Bertz CT molecular complexity index is 1280. The van der Waals surface area contributed by atoms with Crippen molar-refractivity contribution in [2.75, 3.05) is 6.54 Å². The molecule has 0 aliphatic carbocycles. The summed E-state index contributed by atoms with van der Waals surface area (Å²) in [5.41, 5.74) is 4.17. The molecule has 0 spiro atoms. The number of likely N-dealkylation sites (tertiary alicyclic amines) is 1. The first kappa shape index (κ1) is 21.0. The third-order valence-corrected chi connectivity index (χ3v) is 7.02. The van der Waals surface area contributed by atoms with E-state index in [4.69, 9.17) is 28.2 Å². The molecule has 1 fully saturated rings. The van der Waals surface area contributed by atoms with Crippen LogP contribution in [-0.4, -0.2) is 26.9 Å². The molecule has 4 aromatic rings. The van der Waals surface area contributed by atoms with Crippen molar-refractivity contribution >= 4 is 40.1 Å². The van der Waals surface area contributed by atoms with Gasteiger partial charge in [-0.15, -0.1) is 0 Å². The lowest BCUT2D eigenvalue weighted by molar-refractivity contribution is -0.129. The number of aromatic nitrogens is 2. The zero-order valence-corrected chi connectivity index (χ0v) is 19.2. The van der Waals surface area contributed by atoms with Crippen LogP contribution in [0.15, 0.2) is 72.8 Å². The molecule has 0 N–H and O–H groups in total. The summed E-state index contributed by atoms with van der Waals surface area (Å²) in [7, 11) is 0. The van der Waals surface area contributed by atoms with Gasteiger partial charge in [0.1, 0.15) is 5.82 Å². The van der Waals surface area contributed by atoms with Gasteiger partial charge in [0, 0.05) is 25.4 Å². The highest BCUT2D eigenvalue weighted by atomic mass is 35.5. The molecule has 0 bridgehead atoms. The highest BCUT2D eigenvalue weighted by Gasteiger charge is 2.36. The number of rotatable bonds is 5. The summed E-state index contributed by atoms with van der Waals surface area (Å²) in [6.07, 6.45) is 0.460. The molecule has 1 aliphatic rings. The molecule has 2 unspecified atom stereocenters. The molecule has 5 rings (SSSR count). The van der Waals surface area contributed by atoms with Gasteiger partial charge in [-0.25, -0.2) is 4.98 Å². The lowest BCUT2D eigenvalue weighted by atomic mass is 10.1. The van der Waals surface area contributed by atoms with E-state index in [9.17, 15) is 4.79 Å². The van der Waals surface area contributed by atoms with Crippen LogP contribution in [0.25, 0.3) is 11.0 Å². The number of halogens is 2. The second-order valence-electron chi connectivity index (χ2n) is 8.33. The number of para-hydroxylation sites is 2. The van der Waals surface area contributed by atoms with Gasteiger partial charge in [-0.3, -0.25) is 4.79 Å². The lowest BCUT2D eigenvalue weighted by Gasteiger charge is -2.25. The first-order valence-corrected chi connectivity index (χ1v) is 11.5. The fraction of sp³-hybridized carbons (Fsp3) is 0.231. The molecule has 1 amide bonds. The van der Waals surface area contributed by atoms with Crippen molar-refractivity contribution in [3.63, 3.8) is 0 Å². The number of amides is 1. The fourth-order valence-electron chi connectivity index (χ4n) is 4.58. The largest absolute Gasteiger partial charge is 0.335 e. The first-order chi connectivity index (χ1) is 15.5. The minimum absolute atomic E-state index is 0.0293. The molecule has 6 heteroatoms. The van der Waals surface area contributed by atoms with Crippen LogP contribution in [0, 0.1) is 0 Å². The fourth-order valence-corrected chi connectivity index (χ4v) is 4.90. The number of fused-ring (bicyclic) bond motifs is 1. The molecule has 0 saturated carbocycles. The van der Waals surface area contributed by atoms with Gasteiger partial charge in [0.05, 0.1) is 27.1 Å². The Morgan fingerprint density at radius 2 is 1.75 bits per heavy atom. The van der Waals surface area contributed by atoms with Crippen LogP contribution in [0.5, 0.6) is 0 Å². The van der Waals surface area contributed by atoms with Crippen LogP contribution < -0.4 is 0 Å². The van der Waals surface area contributed by atoms with Crippen LogP contribution >= 0.6 is 23.2 Å². The Morgan fingerprint density at radius 1 is 1.00 bits per heavy atom. The van der Waals surface area contributed by atoms with Crippen molar-refractivity contribution in [1.82, 2.24) is 14.5 Å². The van der Waals surface area contributed by atoms with E-state index in [2.05, 4.69) is 29.7 Å². The van der Waals surface area contributed by atoms with Gasteiger partial charge in [0.25, 0.3) is 0 Å². The van der Waals surface area contributed by atoms with Crippen molar-refractivity contribution < 1.29 is 4.79 Å². The SMILES string of the molecule is CC(c1ccccc1)N1CC(c2nc3ccccc3n2Cc2ccc(Cl)c(Cl)c2)CC1=O. The van der Waals surface area contributed by atoms with E-state index >= 15 is 0 Å². The average molecular weight is 464 g/mol. The molecule has 1 aromatic heterocycles. The Labute approximate surface area is 197 Å². The first-order valence-electron chi connectivity index (χ1n) is 10.7. The summed E-state index contributed by atoms with van der Waals surface area (Å²) in [4.78, 5) is 19.9. The van der Waals surface area contributed by atoms with E-state index in [1.54, 1.807) is 0 Å². The number of imidazole rings is 1.